The first-order valence-electron chi connectivity index (χ1n) is 13.5. The molecule has 0 saturated heterocycles. The van der Waals surface area contributed by atoms with E-state index in [1.54, 1.807) is 24.3 Å². The molecule has 2 aromatic carbocycles. The molecule has 3 unspecified atom stereocenters. The number of hydrogen-bond donors (Lipinski definition) is 2. The first-order chi connectivity index (χ1) is 20.6. The maximum absolute atomic E-state index is 13.4. The molecular formula is C30H34N4O9. The summed E-state index contributed by atoms with van der Waals surface area (Å²) in [7, 11) is 1.13. The average Bonchev–Trinajstić information content (AvgIpc) is 3.00. The smallest absolute Gasteiger partial charge is 0.336 e. The highest BCUT2D eigenvalue weighted by molar-refractivity contribution is 6.14. The van der Waals surface area contributed by atoms with Gasteiger partial charge in [0.15, 0.2) is 11.5 Å². The minimum Gasteiger partial charge on any atom is -0.487 e. The fourth-order valence-corrected chi connectivity index (χ4v) is 4.46. The second-order valence-corrected chi connectivity index (χ2v) is 9.90. The number of benzene rings is 2. The molecule has 13 heteroatoms. The van der Waals surface area contributed by atoms with E-state index in [0.717, 1.165) is 7.11 Å². The Balaban J connectivity index is 1.75. The Morgan fingerprint density at radius 2 is 1.84 bits per heavy atom. The fourth-order valence-electron chi connectivity index (χ4n) is 4.46. The Bertz CT molecular complexity index is 1430. The van der Waals surface area contributed by atoms with Crippen LogP contribution in [0.4, 0.5) is 5.69 Å². The SMILES string of the molecule is COC(=O)C1C(C#N)=NC(C)=C(C(=O)OCCOc2ccccc2OCC(O)CNC(C)C)C1c1cccc([N+](=O)[O-])c1. The minimum atomic E-state index is -1.32. The van der Waals surface area contributed by atoms with Gasteiger partial charge in [0, 0.05) is 36.3 Å². The maximum Gasteiger partial charge on any atom is 0.336 e. The van der Waals surface area contributed by atoms with Crippen LogP contribution < -0.4 is 14.8 Å². The van der Waals surface area contributed by atoms with Gasteiger partial charge in [-0.15, -0.1) is 0 Å². The first kappa shape index (κ1) is 32.7. The van der Waals surface area contributed by atoms with Crippen LogP contribution in [0.3, 0.4) is 0 Å². The van der Waals surface area contributed by atoms with E-state index in [1.165, 1.54) is 31.2 Å². The second-order valence-electron chi connectivity index (χ2n) is 9.90. The Labute approximate surface area is 248 Å². The number of carbonyl (C=O) groups excluding carboxylic acids is 2. The number of allylic oxidation sites excluding steroid dienone is 1. The largest absolute Gasteiger partial charge is 0.487 e. The number of nitrogens with zero attached hydrogens (tertiary/aromatic N) is 3. The molecule has 1 aliphatic rings. The number of carbonyl (C=O) groups is 2. The lowest BCUT2D eigenvalue weighted by atomic mass is 9.75. The number of methoxy groups -OCH3 is 1. The molecule has 43 heavy (non-hydrogen) atoms. The summed E-state index contributed by atoms with van der Waals surface area (Å²) < 4.78 is 21.9. The van der Waals surface area contributed by atoms with Crippen molar-refractivity contribution < 1.29 is 38.6 Å². The zero-order valence-corrected chi connectivity index (χ0v) is 24.3. The van der Waals surface area contributed by atoms with Gasteiger partial charge in [-0.3, -0.25) is 14.9 Å². The zero-order chi connectivity index (χ0) is 31.5. The van der Waals surface area contributed by atoms with Crippen molar-refractivity contribution in [2.45, 2.75) is 38.8 Å². The van der Waals surface area contributed by atoms with E-state index in [9.17, 15) is 30.1 Å². The van der Waals surface area contributed by atoms with Crippen molar-refractivity contribution in [3.8, 4) is 17.6 Å². The summed E-state index contributed by atoms with van der Waals surface area (Å²) in [5, 5.41) is 34.4. The van der Waals surface area contributed by atoms with Crippen molar-refractivity contribution in [2.24, 2.45) is 10.9 Å². The van der Waals surface area contributed by atoms with E-state index in [1.807, 2.05) is 19.9 Å². The molecule has 0 bridgehead atoms. The molecule has 2 aromatic rings. The number of ether oxygens (including phenoxy) is 4. The number of rotatable bonds is 14. The third-order valence-corrected chi connectivity index (χ3v) is 6.46. The van der Waals surface area contributed by atoms with E-state index < -0.39 is 34.8 Å². The van der Waals surface area contributed by atoms with Gasteiger partial charge in [-0.05, 0) is 24.6 Å². The van der Waals surface area contributed by atoms with Gasteiger partial charge < -0.3 is 29.4 Å². The lowest BCUT2D eigenvalue weighted by molar-refractivity contribution is -0.384. The van der Waals surface area contributed by atoms with E-state index in [2.05, 4.69) is 10.3 Å². The van der Waals surface area contributed by atoms with E-state index >= 15 is 0 Å². The van der Waals surface area contributed by atoms with Gasteiger partial charge in [0.2, 0.25) is 0 Å². The van der Waals surface area contributed by atoms with Crippen LogP contribution in [0.2, 0.25) is 0 Å². The van der Waals surface area contributed by atoms with E-state index in [-0.39, 0.29) is 54.1 Å². The van der Waals surface area contributed by atoms with Gasteiger partial charge in [0.05, 0.1) is 17.6 Å². The van der Waals surface area contributed by atoms with Crippen molar-refractivity contribution >= 4 is 23.3 Å². The van der Waals surface area contributed by atoms with Gasteiger partial charge in [-0.1, -0.05) is 38.1 Å². The number of nitro benzene ring substituents is 1. The molecule has 0 aromatic heterocycles. The van der Waals surface area contributed by atoms with Crippen LogP contribution in [0.5, 0.6) is 11.5 Å². The standard InChI is InChI=1S/C30H34N4O9/c1-18(2)32-16-22(35)17-43-25-11-6-5-10-24(25)41-12-13-42-30(37)26-19(3)33-23(15-31)28(29(36)40-4)27(26)20-8-7-9-21(14-20)34(38)39/h5-11,14,18,22,27-28,32,35H,12-13,16-17H2,1-4H3. The summed E-state index contributed by atoms with van der Waals surface area (Å²) in [6, 6.07) is 14.4. The van der Waals surface area contributed by atoms with Gasteiger partial charge in [0.25, 0.3) is 5.69 Å². The van der Waals surface area contributed by atoms with Gasteiger partial charge in [0.1, 0.15) is 43.6 Å². The summed E-state index contributed by atoms with van der Waals surface area (Å²) in [6.45, 7) is 5.55. The number of non-ortho nitro benzene ring substituents is 1. The van der Waals surface area contributed by atoms with Crippen LogP contribution in [0.25, 0.3) is 0 Å². The quantitative estimate of drug-likeness (QED) is 0.142. The van der Waals surface area contributed by atoms with Gasteiger partial charge in [-0.25, -0.2) is 9.79 Å². The van der Waals surface area contributed by atoms with Crippen molar-refractivity contribution in [1.29, 1.82) is 5.26 Å². The summed E-state index contributed by atoms with van der Waals surface area (Å²) in [6.07, 6.45) is -0.736. The molecule has 0 aliphatic carbocycles. The molecule has 0 radical (unpaired) electrons. The number of aliphatic hydroxyl groups is 1. The van der Waals surface area contributed by atoms with E-state index in [4.69, 9.17) is 18.9 Å². The third kappa shape index (κ3) is 8.60. The number of esters is 2. The van der Waals surface area contributed by atoms with Crippen LogP contribution in [0.1, 0.15) is 32.3 Å². The average molecular weight is 595 g/mol. The fraction of sp³-hybridized carbons (Fsp3) is 0.400. The number of para-hydroxylation sites is 2. The highest BCUT2D eigenvalue weighted by atomic mass is 16.6. The highest BCUT2D eigenvalue weighted by Gasteiger charge is 2.44. The number of hydrogen-bond acceptors (Lipinski definition) is 12. The topological polar surface area (TPSA) is 183 Å². The Morgan fingerprint density at radius 3 is 2.47 bits per heavy atom. The number of nitriles is 1. The van der Waals surface area contributed by atoms with Crippen LogP contribution in [-0.4, -0.2) is 73.3 Å². The summed E-state index contributed by atoms with van der Waals surface area (Å²) >= 11 is 0. The molecule has 228 valence electrons. The molecule has 2 N–H and O–H groups in total. The van der Waals surface area contributed by atoms with E-state index in [0.29, 0.717) is 18.0 Å². The lowest BCUT2D eigenvalue weighted by Crippen LogP contribution is -2.37. The van der Waals surface area contributed by atoms with Crippen molar-refractivity contribution in [3.63, 3.8) is 0 Å². The molecule has 0 spiro atoms. The number of aliphatic imine (C=N–C) groups is 1. The maximum atomic E-state index is 13.4. The molecule has 1 aliphatic heterocycles. The molecule has 13 nitrogen and oxygen atoms in total. The first-order valence-corrected chi connectivity index (χ1v) is 13.5. The third-order valence-electron chi connectivity index (χ3n) is 6.46. The molecule has 0 amide bonds. The summed E-state index contributed by atoms with van der Waals surface area (Å²) in [4.78, 5) is 41.2. The minimum absolute atomic E-state index is 0.0358. The van der Waals surface area contributed by atoms with Gasteiger partial charge in [-0.2, -0.15) is 5.26 Å². The summed E-state index contributed by atoms with van der Waals surface area (Å²) in [5.74, 6) is -3.35. The predicted octanol–water partition coefficient (Wildman–Crippen LogP) is 3.08. The van der Waals surface area contributed by atoms with Crippen LogP contribution in [-0.2, 0) is 19.1 Å². The molecule has 3 rings (SSSR count). The summed E-state index contributed by atoms with van der Waals surface area (Å²) in [5.41, 5.74) is -0.120. The molecule has 3 atom stereocenters. The van der Waals surface area contributed by atoms with Crippen LogP contribution in [0, 0.1) is 27.4 Å². The molecule has 0 fully saturated rings. The van der Waals surface area contributed by atoms with Crippen molar-refractivity contribution in [1.82, 2.24) is 5.32 Å². The predicted molar refractivity (Wildman–Crippen MR) is 155 cm³/mol. The lowest BCUT2D eigenvalue weighted by Gasteiger charge is -2.30. The number of nitrogens with one attached hydrogen (secondary N) is 1. The number of nitro groups is 1. The Kier molecular flexibility index (Phi) is 11.7. The monoisotopic (exact) mass is 594 g/mol. The highest BCUT2D eigenvalue weighted by Crippen LogP contribution is 2.41. The molecular weight excluding hydrogens is 560 g/mol. The molecule has 0 saturated carbocycles. The zero-order valence-electron chi connectivity index (χ0n) is 24.3. The van der Waals surface area contributed by atoms with Gasteiger partial charge >= 0.3 is 11.9 Å². The number of aliphatic hydroxyl groups excluding tert-OH is 1. The van der Waals surface area contributed by atoms with Crippen LogP contribution in [0.15, 0.2) is 64.8 Å². The Hall–Kier alpha value is -4.80. The van der Waals surface area contributed by atoms with Crippen LogP contribution >= 0.6 is 0 Å². The Morgan fingerprint density at radius 1 is 1.14 bits per heavy atom. The normalized spacial score (nSPS) is 17.0. The molecule has 1 heterocycles. The van der Waals surface area contributed by atoms with Crippen molar-refractivity contribution in [2.75, 3.05) is 33.5 Å². The second kappa shape index (κ2) is 15.4. The van der Waals surface area contributed by atoms with Crippen molar-refractivity contribution in [3.05, 3.63) is 75.5 Å².